The molecule has 0 aromatic carbocycles. The molecule has 0 fully saturated rings. The molecular weight excluding hydrogens is 338 g/mol. The van der Waals surface area contributed by atoms with Crippen molar-refractivity contribution in [1.29, 1.82) is 0 Å². The summed E-state index contributed by atoms with van der Waals surface area (Å²) < 4.78 is 28.3. The van der Waals surface area contributed by atoms with Crippen molar-refractivity contribution in [3.05, 3.63) is 22.6 Å². The fourth-order valence-corrected chi connectivity index (χ4v) is 4.30. The van der Waals surface area contributed by atoms with Gasteiger partial charge in [0, 0.05) is 13.2 Å². The number of hydrogen-bond donors (Lipinski definition) is 2. The molecular formula is C10H12ClN5O3S2. The Kier molecular flexibility index (Phi) is 4.49. The maximum absolute atomic E-state index is 12.2. The molecule has 0 saturated heterocycles. The molecule has 114 valence electrons. The van der Waals surface area contributed by atoms with Gasteiger partial charge < -0.3 is 5.32 Å². The molecule has 21 heavy (non-hydrogen) atoms. The minimum atomic E-state index is -3.78. The highest BCUT2D eigenvalue weighted by atomic mass is 35.5. The maximum Gasteiger partial charge on any atom is 0.273 e. The van der Waals surface area contributed by atoms with E-state index in [2.05, 4.69) is 20.1 Å². The number of rotatable bonds is 5. The highest BCUT2D eigenvalue weighted by molar-refractivity contribution is 7.94. The van der Waals surface area contributed by atoms with Crippen LogP contribution < -0.4 is 10.0 Å². The predicted octanol–water partition coefficient (Wildman–Crippen LogP) is 0.848. The number of nitrogens with one attached hydrogen (secondary N) is 2. The number of amides is 1. The molecule has 8 nitrogen and oxygen atoms in total. The van der Waals surface area contributed by atoms with E-state index in [9.17, 15) is 13.2 Å². The minimum absolute atomic E-state index is 0.00361. The van der Waals surface area contributed by atoms with E-state index >= 15 is 0 Å². The number of aromatic nitrogens is 3. The first-order valence-corrected chi connectivity index (χ1v) is 8.38. The van der Waals surface area contributed by atoms with Crippen LogP contribution in [-0.2, 0) is 21.4 Å². The van der Waals surface area contributed by atoms with Crippen molar-refractivity contribution in [3.63, 3.8) is 0 Å². The Bertz CT molecular complexity index is 768. The number of aryl methyl sites for hydroxylation is 1. The Morgan fingerprint density at radius 2 is 2.24 bits per heavy atom. The third-order valence-corrected chi connectivity index (χ3v) is 5.69. The molecule has 0 atom stereocenters. The van der Waals surface area contributed by atoms with Gasteiger partial charge in [-0.3, -0.25) is 14.2 Å². The van der Waals surface area contributed by atoms with Gasteiger partial charge in [0.05, 0.1) is 17.6 Å². The summed E-state index contributed by atoms with van der Waals surface area (Å²) in [7, 11) is -2.27. The Morgan fingerprint density at radius 1 is 1.52 bits per heavy atom. The van der Waals surface area contributed by atoms with Crippen molar-refractivity contribution in [2.24, 2.45) is 0 Å². The summed E-state index contributed by atoms with van der Waals surface area (Å²) in [6.07, 6.45) is 2.74. The van der Waals surface area contributed by atoms with Gasteiger partial charge in [-0.1, -0.05) is 22.9 Å². The average Bonchev–Trinajstić information content (AvgIpc) is 2.95. The first-order chi connectivity index (χ1) is 9.81. The molecule has 1 amide bonds. The predicted molar refractivity (Wildman–Crippen MR) is 79.0 cm³/mol. The van der Waals surface area contributed by atoms with E-state index in [0.717, 1.165) is 11.3 Å². The zero-order chi connectivity index (χ0) is 15.6. The molecule has 2 rings (SSSR count). The second-order valence-electron chi connectivity index (χ2n) is 4.04. The molecule has 0 bridgehead atoms. The largest absolute Gasteiger partial charge is 0.358 e. The number of carbonyl (C=O) groups excluding carboxylic acids is 1. The lowest BCUT2D eigenvalue weighted by molar-refractivity contribution is -0.121. The van der Waals surface area contributed by atoms with Crippen LogP contribution in [0.5, 0.6) is 0 Å². The van der Waals surface area contributed by atoms with Crippen LogP contribution in [0.2, 0.25) is 4.47 Å². The van der Waals surface area contributed by atoms with Gasteiger partial charge in [0.1, 0.15) is 6.54 Å². The van der Waals surface area contributed by atoms with Gasteiger partial charge >= 0.3 is 0 Å². The van der Waals surface area contributed by atoms with Crippen LogP contribution in [-0.4, -0.2) is 36.1 Å². The summed E-state index contributed by atoms with van der Waals surface area (Å²) in [5.74, 6) is -0.238. The molecule has 0 spiro atoms. The number of hydrogen-bond acceptors (Lipinski definition) is 6. The van der Waals surface area contributed by atoms with E-state index in [1.807, 2.05) is 0 Å². The van der Waals surface area contributed by atoms with Crippen molar-refractivity contribution >= 4 is 44.6 Å². The van der Waals surface area contributed by atoms with Crippen LogP contribution in [0.3, 0.4) is 0 Å². The summed E-state index contributed by atoms with van der Waals surface area (Å²) in [5, 5.41) is 6.35. The minimum Gasteiger partial charge on any atom is -0.358 e. The third kappa shape index (κ3) is 3.71. The normalized spacial score (nSPS) is 11.4. The zero-order valence-corrected chi connectivity index (χ0v) is 13.5. The first-order valence-electron chi connectivity index (χ1n) is 5.70. The molecule has 2 N–H and O–H groups in total. The van der Waals surface area contributed by atoms with Crippen molar-refractivity contribution in [2.45, 2.75) is 17.7 Å². The number of anilines is 1. The lowest BCUT2D eigenvalue weighted by Crippen LogP contribution is -2.23. The van der Waals surface area contributed by atoms with Crippen LogP contribution in [0.25, 0.3) is 0 Å². The van der Waals surface area contributed by atoms with Crippen molar-refractivity contribution in [2.75, 3.05) is 11.8 Å². The van der Waals surface area contributed by atoms with Gasteiger partial charge in [-0.25, -0.2) is 13.4 Å². The highest BCUT2D eigenvalue weighted by Crippen LogP contribution is 2.28. The van der Waals surface area contributed by atoms with Crippen molar-refractivity contribution in [1.82, 2.24) is 20.1 Å². The van der Waals surface area contributed by atoms with Gasteiger partial charge in [-0.2, -0.15) is 5.10 Å². The lowest BCUT2D eigenvalue weighted by atomic mass is 10.6. The fraction of sp³-hybridized carbons (Fsp3) is 0.300. The van der Waals surface area contributed by atoms with Gasteiger partial charge in [0.2, 0.25) is 5.91 Å². The fourth-order valence-electron chi connectivity index (χ4n) is 1.53. The molecule has 2 aromatic rings. The van der Waals surface area contributed by atoms with Gasteiger partial charge in [-0.05, 0) is 6.92 Å². The standard InChI is InChI=1S/C10H12ClN5O3S2/c1-6-9(20-10(11)14-6)21(18,19)15-7-3-13-16(4-7)5-8(17)12-2/h3-4,15H,5H2,1-2H3,(H,12,17). The van der Waals surface area contributed by atoms with E-state index < -0.39 is 10.0 Å². The number of likely N-dealkylation sites (N-methyl/N-ethyl adjacent to an activating group) is 1. The average molecular weight is 350 g/mol. The molecule has 0 aliphatic carbocycles. The molecule has 0 radical (unpaired) electrons. The SMILES string of the molecule is CNC(=O)Cn1cc(NS(=O)(=O)c2sc(Cl)nc2C)cn1. The second-order valence-corrected chi connectivity index (χ2v) is 7.50. The summed E-state index contributed by atoms with van der Waals surface area (Å²) in [6.45, 7) is 1.57. The maximum atomic E-state index is 12.2. The van der Waals surface area contributed by atoms with Crippen LogP contribution in [0, 0.1) is 6.92 Å². The number of nitrogens with zero attached hydrogens (tertiary/aromatic N) is 3. The van der Waals surface area contributed by atoms with E-state index in [1.165, 1.54) is 24.1 Å². The van der Waals surface area contributed by atoms with E-state index in [-0.39, 0.29) is 26.8 Å². The third-order valence-electron chi connectivity index (χ3n) is 2.44. The molecule has 0 aliphatic rings. The summed E-state index contributed by atoms with van der Waals surface area (Å²) in [6, 6.07) is 0. The number of halogens is 1. The van der Waals surface area contributed by atoms with Crippen molar-refractivity contribution in [3.8, 4) is 0 Å². The topological polar surface area (TPSA) is 106 Å². The zero-order valence-electron chi connectivity index (χ0n) is 11.1. The van der Waals surface area contributed by atoms with E-state index in [4.69, 9.17) is 11.6 Å². The molecule has 2 aromatic heterocycles. The monoisotopic (exact) mass is 349 g/mol. The van der Waals surface area contributed by atoms with Crippen LogP contribution in [0.15, 0.2) is 16.6 Å². The Labute approximate surface area is 130 Å². The number of sulfonamides is 1. The molecule has 0 unspecified atom stereocenters. The Hall–Kier alpha value is -1.65. The van der Waals surface area contributed by atoms with Gasteiger partial charge in [0.15, 0.2) is 8.68 Å². The molecule has 0 aliphatic heterocycles. The van der Waals surface area contributed by atoms with Crippen molar-refractivity contribution < 1.29 is 13.2 Å². The lowest BCUT2D eigenvalue weighted by Gasteiger charge is -2.03. The molecule has 0 saturated carbocycles. The summed E-state index contributed by atoms with van der Waals surface area (Å²) in [4.78, 5) is 15.1. The van der Waals surface area contributed by atoms with Crippen LogP contribution in [0.4, 0.5) is 5.69 Å². The Morgan fingerprint density at radius 3 is 2.81 bits per heavy atom. The summed E-state index contributed by atoms with van der Waals surface area (Å²) in [5.41, 5.74) is 0.582. The van der Waals surface area contributed by atoms with E-state index in [1.54, 1.807) is 6.92 Å². The second kappa shape index (κ2) is 6.00. The smallest absolute Gasteiger partial charge is 0.273 e. The number of thiazole rings is 1. The van der Waals surface area contributed by atoms with Crippen LogP contribution >= 0.6 is 22.9 Å². The highest BCUT2D eigenvalue weighted by Gasteiger charge is 2.22. The molecule has 2 heterocycles. The Balaban J connectivity index is 2.18. The first kappa shape index (κ1) is 15.7. The van der Waals surface area contributed by atoms with Gasteiger partial charge in [0.25, 0.3) is 10.0 Å². The van der Waals surface area contributed by atoms with Crippen LogP contribution in [0.1, 0.15) is 5.69 Å². The number of carbonyl (C=O) groups is 1. The molecule has 11 heteroatoms. The summed E-state index contributed by atoms with van der Waals surface area (Å²) >= 11 is 6.58. The quantitative estimate of drug-likeness (QED) is 0.832. The van der Waals surface area contributed by atoms with Gasteiger partial charge in [-0.15, -0.1) is 0 Å². The van der Waals surface area contributed by atoms with E-state index in [0.29, 0.717) is 5.69 Å².